The fourth-order valence-electron chi connectivity index (χ4n) is 2.46. The van der Waals surface area contributed by atoms with Crippen molar-refractivity contribution in [2.24, 2.45) is 4.99 Å². The molecule has 0 saturated carbocycles. The fraction of sp³-hybridized carbons (Fsp3) is 0.300. The van der Waals surface area contributed by atoms with Gasteiger partial charge in [0.1, 0.15) is 18.1 Å². The standard InChI is InChI=1S/C20H25FN4O2/c1-4-22-20(25(2)14-15-8-10-18(27-3)11-9-15)23-13-19(26)24-17-7-5-6-16(21)12-17/h5-12H,4,13-14H2,1-3H3,(H,22,23)(H,24,26). The number of methoxy groups -OCH3 is 1. The number of ether oxygens (including phenoxy) is 1. The topological polar surface area (TPSA) is 66.0 Å². The van der Waals surface area contributed by atoms with E-state index in [0.29, 0.717) is 24.7 Å². The molecular weight excluding hydrogens is 347 g/mol. The first kappa shape index (κ1) is 20.2. The lowest BCUT2D eigenvalue weighted by Gasteiger charge is -2.22. The highest BCUT2D eigenvalue weighted by Gasteiger charge is 2.09. The van der Waals surface area contributed by atoms with E-state index in [9.17, 15) is 9.18 Å². The van der Waals surface area contributed by atoms with Crippen LogP contribution in [0.5, 0.6) is 5.75 Å². The Morgan fingerprint density at radius 2 is 1.96 bits per heavy atom. The number of halogens is 1. The van der Waals surface area contributed by atoms with Gasteiger partial charge in [-0.3, -0.25) is 4.79 Å². The number of carbonyl (C=O) groups excluding carboxylic acids is 1. The molecule has 2 N–H and O–H groups in total. The van der Waals surface area contributed by atoms with Crippen LogP contribution in [0, 0.1) is 5.82 Å². The SMILES string of the molecule is CCNC(=NCC(=O)Nc1cccc(F)c1)N(C)Cc1ccc(OC)cc1. The van der Waals surface area contributed by atoms with Gasteiger partial charge in [-0.15, -0.1) is 0 Å². The van der Waals surface area contributed by atoms with Gasteiger partial charge in [0.05, 0.1) is 7.11 Å². The zero-order valence-corrected chi connectivity index (χ0v) is 15.8. The second kappa shape index (κ2) is 10.2. The van der Waals surface area contributed by atoms with Gasteiger partial charge in [0, 0.05) is 25.8 Å². The molecule has 2 rings (SSSR count). The second-order valence-corrected chi connectivity index (χ2v) is 5.93. The summed E-state index contributed by atoms with van der Waals surface area (Å²) in [7, 11) is 3.53. The van der Waals surface area contributed by atoms with Crippen LogP contribution in [0.3, 0.4) is 0 Å². The van der Waals surface area contributed by atoms with Crippen molar-refractivity contribution in [1.82, 2.24) is 10.2 Å². The molecule has 0 bridgehead atoms. The number of nitrogens with zero attached hydrogens (tertiary/aromatic N) is 2. The highest BCUT2D eigenvalue weighted by atomic mass is 19.1. The van der Waals surface area contributed by atoms with E-state index in [1.165, 1.54) is 12.1 Å². The fourth-order valence-corrected chi connectivity index (χ4v) is 2.46. The number of amides is 1. The van der Waals surface area contributed by atoms with Gasteiger partial charge in [-0.25, -0.2) is 9.38 Å². The van der Waals surface area contributed by atoms with Gasteiger partial charge >= 0.3 is 0 Å². The van der Waals surface area contributed by atoms with E-state index >= 15 is 0 Å². The minimum Gasteiger partial charge on any atom is -0.497 e. The molecule has 27 heavy (non-hydrogen) atoms. The second-order valence-electron chi connectivity index (χ2n) is 5.93. The number of hydrogen-bond donors (Lipinski definition) is 2. The maximum atomic E-state index is 13.2. The molecule has 0 aliphatic rings. The van der Waals surface area contributed by atoms with Crippen LogP contribution in [-0.4, -0.2) is 44.0 Å². The van der Waals surface area contributed by atoms with E-state index < -0.39 is 5.82 Å². The van der Waals surface area contributed by atoms with Gasteiger partial charge in [-0.05, 0) is 42.8 Å². The first-order valence-corrected chi connectivity index (χ1v) is 8.69. The Kier molecular flexibility index (Phi) is 7.61. The predicted molar refractivity (Wildman–Crippen MR) is 105 cm³/mol. The zero-order chi connectivity index (χ0) is 19.6. The number of nitrogens with one attached hydrogen (secondary N) is 2. The first-order valence-electron chi connectivity index (χ1n) is 8.69. The summed E-state index contributed by atoms with van der Waals surface area (Å²) >= 11 is 0. The predicted octanol–water partition coefficient (Wildman–Crippen LogP) is 2.87. The van der Waals surface area contributed by atoms with Crippen LogP contribution in [0.2, 0.25) is 0 Å². The number of aliphatic imine (C=N–C) groups is 1. The lowest BCUT2D eigenvalue weighted by atomic mass is 10.2. The third-order valence-electron chi connectivity index (χ3n) is 3.76. The highest BCUT2D eigenvalue weighted by Crippen LogP contribution is 2.13. The molecule has 0 radical (unpaired) electrons. The van der Waals surface area contributed by atoms with Gasteiger partial charge in [0.25, 0.3) is 0 Å². The number of benzene rings is 2. The van der Waals surface area contributed by atoms with Crippen LogP contribution in [-0.2, 0) is 11.3 Å². The Morgan fingerprint density at radius 3 is 2.59 bits per heavy atom. The summed E-state index contributed by atoms with van der Waals surface area (Å²) in [6.45, 7) is 3.20. The molecule has 0 atom stereocenters. The van der Waals surface area contributed by atoms with Crippen molar-refractivity contribution >= 4 is 17.6 Å². The molecule has 1 amide bonds. The van der Waals surface area contributed by atoms with Crippen molar-refractivity contribution < 1.29 is 13.9 Å². The van der Waals surface area contributed by atoms with Crippen molar-refractivity contribution in [2.45, 2.75) is 13.5 Å². The van der Waals surface area contributed by atoms with E-state index in [-0.39, 0.29) is 12.5 Å². The maximum absolute atomic E-state index is 13.2. The van der Waals surface area contributed by atoms with Crippen LogP contribution in [0.1, 0.15) is 12.5 Å². The summed E-state index contributed by atoms with van der Waals surface area (Å²) in [5.74, 6) is 0.705. The van der Waals surface area contributed by atoms with Crippen molar-refractivity contribution in [3.63, 3.8) is 0 Å². The Balaban J connectivity index is 1.97. The average molecular weight is 372 g/mol. The number of hydrogen-bond acceptors (Lipinski definition) is 3. The molecule has 2 aromatic rings. The molecule has 2 aromatic carbocycles. The van der Waals surface area contributed by atoms with E-state index in [2.05, 4.69) is 15.6 Å². The van der Waals surface area contributed by atoms with E-state index in [4.69, 9.17) is 4.74 Å². The third-order valence-corrected chi connectivity index (χ3v) is 3.76. The van der Waals surface area contributed by atoms with Crippen molar-refractivity contribution in [2.75, 3.05) is 32.6 Å². The largest absolute Gasteiger partial charge is 0.497 e. The molecule has 6 nitrogen and oxygen atoms in total. The average Bonchev–Trinajstić information content (AvgIpc) is 2.65. The number of rotatable bonds is 7. The first-order chi connectivity index (χ1) is 13.0. The number of carbonyl (C=O) groups is 1. The molecule has 0 aromatic heterocycles. The number of anilines is 1. The van der Waals surface area contributed by atoms with Crippen molar-refractivity contribution in [3.05, 3.63) is 59.9 Å². The molecule has 0 heterocycles. The minimum absolute atomic E-state index is 0.0637. The molecule has 0 unspecified atom stereocenters. The molecule has 0 spiro atoms. The maximum Gasteiger partial charge on any atom is 0.246 e. The molecule has 0 aliphatic carbocycles. The monoisotopic (exact) mass is 372 g/mol. The highest BCUT2D eigenvalue weighted by molar-refractivity contribution is 5.94. The van der Waals surface area contributed by atoms with Gasteiger partial charge < -0.3 is 20.3 Å². The molecule has 0 fully saturated rings. The van der Waals surface area contributed by atoms with Crippen LogP contribution in [0.25, 0.3) is 0 Å². The van der Waals surface area contributed by atoms with Gasteiger partial charge in [-0.2, -0.15) is 0 Å². The molecular formula is C20H25FN4O2. The minimum atomic E-state index is -0.399. The van der Waals surface area contributed by atoms with Crippen LogP contribution in [0.15, 0.2) is 53.5 Å². The Morgan fingerprint density at radius 1 is 1.22 bits per heavy atom. The third kappa shape index (κ3) is 6.62. The van der Waals surface area contributed by atoms with Gasteiger partial charge in [0.15, 0.2) is 5.96 Å². The smallest absolute Gasteiger partial charge is 0.246 e. The quantitative estimate of drug-likeness (QED) is 0.579. The number of guanidine groups is 1. The van der Waals surface area contributed by atoms with Gasteiger partial charge in [-0.1, -0.05) is 18.2 Å². The summed E-state index contributed by atoms with van der Waals surface area (Å²) < 4.78 is 18.4. The van der Waals surface area contributed by atoms with E-state index in [1.807, 2.05) is 43.1 Å². The summed E-state index contributed by atoms with van der Waals surface area (Å²) in [6.07, 6.45) is 0. The normalized spacial score (nSPS) is 11.0. The van der Waals surface area contributed by atoms with Gasteiger partial charge in [0.2, 0.25) is 5.91 Å². The Hall–Kier alpha value is -3.09. The summed E-state index contributed by atoms with van der Waals surface area (Å²) in [6, 6.07) is 13.5. The Bertz CT molecular complexity index is 778. The van der Waals surface area contributed by atoms with Crippen molar-refractivity contribution in [3.8, 4) is 5.75 Å². The lowest BCUT2D eigenvalue weighted by molar-refractivity contribution is -0.114. The summed E-state index contributed by atoms with van der Waals surface area (Å²) in [5.41, 5.74) is 1.50. The molecule has 0 saturated heterocycles. The molecule has 144 valence electrons. The van der Waals surface area contributed by atoms with Crippen LogP contribution < -0.4 is 15.4 Å². The van der Waals surface area contributed by atoms with Crippen LogP contribution >= 0.6 is 0 Å². The molecule has 7 heteroatoms. The van der Waals surface area contributed by atoms with Crippen molar-refractivity contribution in [1.29, 1.82) is 0 Å². The Labute approximate surface area is 159 Å². The summed E-state index contributed by atoms with van der Waals surface area (Å²) in [5, 5.41) is 5.80. The summed E-state index contributed by atoms with van der Waals surface area (Å²) in [4.78, 5) is 18.4. The lowest BCUT2D eigenvalue weighted by Crippen LogP contribution is -2.39. The van der Waals surface area contributed by atoms with E-state index in [0.717, 1.165) is 11.3 Å². The molecule has 0 aliphatic heterocycles. The van der Waals surface area contributed by atoms with Crippen LogP contribution in [0.4, 0.5) is 10.1 Å². The zero-order valence-electron chi connectivity index (χ0n) is 15.8. The van der Waals surface area contributed by atoms with E-state index in [1.54, 1.807) is 19.2 Å².